The van der Waals surface area contributed by atoms with Gasteiger partial charge in [0.1, 0.15) is 0 Å². The lowest BCUT2D eigenvalue weighted by Crippen LogP contribution is -2.43. The number of nitrogens with one attached hydrogen (secondary N) is 1. The minimum Gasteiger partial charge on any atom is -0.338 e. The predicted molar refractivity (Wildman–Crippen MR) is 64.6 cm³/mol. The first kappa shape index (κ1) is 11.4. The van der Waals surface area contributed by atoms with E-state index in [4.69, 9.17) is 0 Å². The SMILES string of the molecule is O=C(NCCc1nccs1)N1CCCCC1. The second-order valence-electron chi connectivity index (χ2n) is 3.96. The average molecular weight is 239 g/mol. The number of hydrogen-bond donors (Lipinski definition) is 1. The number of urea groups is 1. The van der Waals surface area contributed by atoms with Crippen molar-refractivity contribution in [2.75, 3.05) is 19.6 Å². The Morgan fingerprint density at radius 2 is 2.25 bits per heavy atom. The fourth-order valence-electron chi connectivity index (χ4n) is 1.86. The molecule has 1 N–H and O–H groups in total. The Balaban J connectivity index is 1.67. The van der Waals surface area contributed by atoms with E-state index >= 15 is 0 Å². The minimum absolute atomic E-state index is 0.0799. The van der Waals surface area contributed by atoms with Crippen LogP contribution in [0.1, 0.15) is 24.3 Å². The Morgan fingerprint density at radius 1 is 1.44 bits per heavy atom. The summed E-state index contributed by atoms with van der Waals surface area (Å²) < 4.78 is 0. The van der Waals surface area contributed by atoms with Gasteiger partial charge in [-0.3, -0.25) is 0 Å². The summed E-state index contributed by atoms with van der Waals surface area (Å²) in [5.41, 5.74) is 0. The Labute approximate surface area is 99.7 Å². The molecule has 4 nitrogen and oxygen atoms in total. The van der Waals surface area contributed by atoms with E-state index in [0.29, 0.717) is 6.54 Å². The zero-order valence-electron chi connectivity index (χ0n) is 9.32. The number of amides is 2. The number of piperidine rings is 1. The third kappa shape index (κ3) is 3.20. The van der Waals surface area contributed by atoms with Crippen LogP contribution in [0.25, 0.3) is 0 Å². The highest BCUT2D eigenvalue weighted by Gasteiger charge is 2.15. The highest BCUT2D eigenvalue weighted by Crippen LogP contribution is 2.08. The zero-order valence-corrected chi connectivity index (χ0v) is 10.1. The summed E-state index contributed by atoms with van der Waals surface area (Å²) in [7, 11) is 0. The topological polar surface area (TPSA) is 45.2 Å². The van der Waals surface area contributed by atoms with Crippen molar-refractivity contribution in [1.29, 1.82) is 0 Å². The molecule has 88 valence electrons. The second kappa shape index (κ2) is 5.84. The third-order valence-electron chi connectivity index (χ3n) is 2.74. The molecule has 5 heteroatoms. The Kier molecular flexibility index (Phi) is 4.16. The van der Waals surface area contributed by atoms with Gasteiger partial charge in [0.25, 0.3) is 0 Å². The van der Waals surface area contributed by atoms with E-state index in [1.165, 1.54) is 6.42 Å². The molecule has 0 unspecified atom stereocenters. The lowest BCUT2D eigenvalue weighted by molar-refractivity contribution is 0.186. The first-order chi connectivity index (χ1) is 7.86. The minimum atomic E-state index is 0.0799. The number of carbonyl (C=O) groups excluding carboxylic acids is 1. The van der Waals surface area contributed by atoms with E-state index < -0.39 is 0 Å². The van der Waals surface area contributed by atoms with Gasteiger partial charge >= 0.3 is 6.03 Å². The van der Waals surface area contributed by atoms with Gasteiger partial charge in [-0.25, -0.2) is 9.78 Å². The van der Waals surface area contributed by atoms with Crippen molar-refractivity contribution >= 4 is 17.4 Å². The maximum atomic E-state index is 11.7. The molecule has 1 aromatic heterocycles. The van der Waals surface area contributed by atoms with E-state index in [0.717, 1.165) is 37.4 Å². The summed E-state index contributed by atoms with van der Waals surface area (Å²) in [5.74, 6) is 0. The molecule has 1 aliphatic rings. The fourth-order valence-corrected chi connectivity index (χ4v) is 2.48. The Morgan fingerprint density at radius 3 is 2.94 bits per heavy atom. The number of aromatic nitrogens is 1. The summed E-state index contributed by atoms with van der Waals surface area (Å²) >= 11 is 1.63. The number of nitrogens with zero attached hydrogens (tertiary/aromatic N) is 2. The first-order valence-corrected chi connectivity index (χ1v) is 6.65. The van der Waals surface area contributed by atoms with Crippen molar-refractivity contribution < 1.29 is 4.79 Å². The van der Waals surface area contributed by atoms with Crippen LogP contribution in [0.4, 0.5) is 4.79 Å². The monoisotopic (exact) mass is 239 g/mol. The molecule has 1 aliphatic heterocycles. The molecule has 0 atom stereocenters. The first-order valence-electron chi connectivity index (χ1n) is 5.77. The van der Waals surface area contributed by atoms with Crippen LogP contribution in [0.2, 0.25) is 0 Å². The van der Waals surface area contributed by atoms with Crippen LogP contribution in [0, 0.1) is 0 Å². The van der Waals surface area contributed by atoms with Gasteiger partial charge in [0.15, 0.2) is 0 Å². The molecule has 0 aromatic carbocycles. The quantitative estimate of drug-likeness (QED) is 0.875. The maximum absolute atomic E-state index is 11.7. The zero-order chi connectivity index (χ0) is 11.2. The third-order valence-corrected chi connectivity index (χ3v) is 3.58. The van der Waals surface area contributed by atoms with Gasteiger partial charge in [-0.2, -0.15) is 0 Å². The summed E-state index contributed by atoms with van der Waals surface area (Å²) in [6, 6.07) is 0.0799. The van der Waals surface area contributed by atoms with E-state index in [-0.39, 0.29) is 6.03 Å². The number of likely N-dealkylation sites (tertiary alicyclic amines) is 1. The Hall–Kier alpha value is -1.10. The van der Waals surface area contributed by atoms with Crippen molar-refractivity contribution in [1.82, 2.24) is 15.2 Å². The van der Waals surface area contributed by atoms with Crippen LogP contribution in [-0.4, -0.2) is 35.5 Å². The standard InChI is InChI=1S/C11H17N3OS/c15-11(14-7-2-1-3-8-14)13-5-4-10-12-6-9-16-10/h6,9H,1-5,7-8H2,(H,13,15). The number of hydrogen-bond acceptors (Lipinski definition) is 3. The molecule has 0 aliphatic carbocycles. The van der Waals surface area contributed by atoms with Crippen LogP contribution < -0.4 is 5.32 Å². The molecule has 2 amide bonds. The lowest BCUT2D eigenvalue weighted by Gasteiger charge is -2.26. The molecule has 1 fully saturated rings. The van der Waals surface area contributed by atoms with E-state index in [2.05, 4.69) is 10.3 Å². The Bertz CT molecular complexity index is 320. The van der Waals surface area contributed by atoms with Crippen LogP contribution in [0.15, 0.2) is 11.6 Å². The van der Waals surface area contributed by atoms with Gasteiger partial charge < -0.3 is 10.2 Å². The van der Waals surface area contributed by atoms with Crippen LogP contribution in [0.5, 0.6) is 0 Å². The summed E-state index contributed by atoms with van der Waals surface area (Å²) in [4.78, 5) is 17.8. The summed E-state index contributed by atoms with van der Waals surface area (Å²) in [5, 5.41) is 5.99. The molecule has 2 heterocycles. The molecule has 0 saturated carbocycles. The van der Waals surface area contributed by atoms with Crippen molar-refractivity contribution in [3.05, 3.63) is 16.6 Å². The van der Waals surface area contributed by atoms with Gasteiger partial charge in [0.05, 0.1) is 5.01 Å². The van der Waals surface area contributed by atoms with Crippen molar-refractivity contribution in [3.63, 3.8) is 0 Å². The smallest absolute Gasteiger partial charge is 0.317 e. The van der Waals surface area contributed by atoms with Gasteiger partial charge in [-0.1, -0.05) is 0 Å². The fraction of sp³-hybridized carbons (Fsp3) is 0.636. The van der Waals surface area contributed by atoms with Gasteiger partial charge in [0, 0.05) is 37.6 Å². The average Bonchev–Trinajstić information content (AvgIpc) is 2.83. The molecule has 1 aromatic rings. The molecule has 2 rings (SSSR count). The van der Waals surface area contributed by atoms with Crippen molar-refractivity contribution in [2.45, 2.75) is 25.7 Å². The van der Waals surface area contributed by atoms with Crippen LogP contribution >= 0.6 is 11.3 Å². The number of thiazole rings is 1. The normalized spacial score (nSPS) is 16.1. The van der Waals surface area contributed by atoms with Gasteiger partial charge in [-0.15, -0.1) is 11.3 Å². The summed E-state index contributed by atoms with van der Waals surface area (Å²) in [6.45, 7) is 2.50. The molecular formula is C11H17N3OS. The molecule has 0 radical (unpaired) electrons. The number of rotatable bonds is 3. The van der Waals surface area contributed by atoms with E-state index in [1.807, 2.05) is 10.3 Å². The van der Waals surface area contributed by atoms with Crippen LogP contribution in [0.3, 0.4) is 0 Å². The van der Waals surface area contributed by atoms with Crippen LogP contribution in [-0.2, 0) is 6.42 Å². The lowest BCUT2D eigenvalue weighted by atomic mass is 10.1. The molecule has 0 bridgehead atoms. The molecular weight excluding hydrogens is 222 g/mol. The molecule has 1 saturated heterocycles. The highest BCUT2D eigenvalue weighted by molar-refractivity contribution is 7.09. The summed E-state index contributed by atoms with van der Waals surface area (Å²) in [6.07, 6.45) is 6.16. The maximum Gasteiger partial charge on any atom is 0.317 e. The van der Waals surface area contributed by atoms with Gasteiger partial charge in [-0.05, 0) is 19.3 Å². The highest BCUT2D eigenvalue weighted by atomic mass is 32.1. The van der Waals surface area contributed by atoms with E-state index in [9.17, 15) is 4.79 Å². The predicted octanol–water partition coefficient (Wildman–Crippen LogP) is 1.88. The largest absolute Gasteiger partial charge is 0.338 e. The second-order valence-corrected chi connectivity index (χ2v) is 4.93. The molecule has 16 heavy (non-hydrogen) atoms. The molecule has 0 spiro atoms. The van der Waals surface area contributed by atoms with Gasteiger partial charge in [0.2, 0.25) is 0 Å². The van der Waals surface area contributed by atoms with Crippen molar-refractivity contribution in [2.24, 2.45) is 0 Å². The van der Waals surface area contributed by atoms with E-state index in [1.54, 1.807) is 17.5 Å². The van der Waals surface area contributed by atoms with Crippen molar-refractivity contribution in [3.8, 4) is 0 Å². The number of carbonyl (C=O) groups is 1.